The van der Waals surface area contributed by atoms with Crippen molar-refractivity contribution in [1.82, 2.24) is 4.90 Å². The second kappa shape index (κ2) is 5.41. The highest BCUT2D eigenvalue weighted by Crippen LogP contribution is 2.15. The molecule has 1 aliphatic heterocycles. The fourth-order valence-electron chi connectivity index (χ4n) is 1.63. The number of ether oxygens (including phenoxy) is 1. The summed E-state index contributed by atoms with van der Waals surface area (Å²) >= 11 is 1.88. The molecule has 0 radical (unpaired) electrons. The molecule has 16 heavy (non-hydrogen) atoms. The number of nitrogens with zero attached hydrogens (tertiary/aromatic N) is 1. The van der Waals surface area contributed by atoms with E-state index in [4.69, 9.17) is 9.15 Å². The van der Waals surface area contributed by atoms with Crippen LogP contribution in [-0.2, 0) is 11.3 Å². The molecule has 2 rings (SSSR count). The summed E-state index contributed by atoms with van der Waals surface area (Å²) in [5, 5.41) is 0. The van der Waals surface area contributed by atoms with Gasteiger partial charge in [0.25, 0.3) is 5.91 Å². The summed E-state index contributed by atoms with van der Waals surface area (Å²) in [4.78, 5) is 13.8. The van der Waals surface area contributed by atoms with Crippen molar-refractivity contribution >= 4 is 17.7 Å². The largest absolute Gasteiger partial charge is 0.453 e. The molecule has 0 aromatic carbocycles. The van der Waals surface area contributed by atoms with Crippen molar-refractivity contribution in [3.05, 3.63) is 23.7 Å². The molecule has 1 amide bonds. The lowest BCUT2D eigenvalue weighted by Crippen LogP contribution is -2.37. The zero-order valence-electron chi connectivity index (χ0n) is 9.27. The van der Waals surface area contributed by atoms with Crippen molar-refractivity contribution in [2.24, 2.45) is 0 Å². The monoisotopic (exact) mass is 241 g/mol. The second-order valence-corrected chi connectivity index (χ2v) is 4.83. The van der Waals surface area contributed by atoms with E-state index < -0.39 is 0 Å². The van der Waals surface area contributed by atoms with Crippen LogP contribution >= 0.6 is 11.8 Å². The van der Waals surface area contributed by atoms with E-state index in [1.165, 1.54) is 0 Å². The van der Waals surface area contributed by atoms with Gasteiger partial charge >= 0.3 is 0 Å². The van der Waals surface area contributed by atoms with Crippen LogP contribution in [0.2, 0.25) is 0 Å². The summed E-state index contributed by atoms with van der Waals surface area (Å²) in [6, 6.07) is 3.51. The van der Waals surface area contributed by atoms with E-state index in [9.17, 15) is 4.79 Å². The van der Waals surface area contributed by atoms with Gasteiger partial charge < -0.3 is 14.1 Å². The molecule has 2 heterocycles. The number of rotatable bonds is 3. The van der Waals surface area contributed by atoms with Gasteiger partial charge in [-0.15, -0.1) is 0 Å². The Balaban J connectivity index is 2.01. The molecule has 1 fully saturated rings. The maximum absolute atomic E-state index is 12.0. The molecular formula is C11H15NO3S. The summed E-state index contributed by atoms with van der Waals surface area (Å²) < 4.78 is 10.4. The van der Waals surface area contributed by atoms with Gasteiger partial charge in [-0.3, -0.25) is 4.79 Å². The molecule has 1 aromatic rings. The Bertz CT molecular complexity index is 358. The van der Waals surface area contributed by atoms with Crippen molar-refractivity contribution in [2.45, 2.75) is 6.61 Å². The summed E-state index contributed by atoms with van der Waals surface area (Å²) in [7, 11) is 1.60. The van der Waals surface area contributed by atoms with Crippen LogP contribution in [0.15, 0.2) is 16.5 Å². The normalized spacial score (nSPS) is 16.4. The molecular weight excluding hydrogens is 226 g/mol. The van der Waals surface area contributed by atoms with Gasteiger partial charge in [0.15, 0.2) is 5.76 Å². The van der Waals surface area contributed by atoms with Crippen LogP contribution in [0, 0.1) is 0 Å². The number of hydrogen-bond acceptors (Lipinski definition) is 4. The molecule has 1 aromatic heterocycles. The van der Waals surface area contributed by atoms with Crippen molar-refractivity contribution in [2.75, 3.05) is 31.7 Å². The predicted octanol–water partition coefficient (Wildman–Crippen LogP) is 1.61. The van der Waals surface area contributed by atoms with Crippen LogP contribution in [0.5, 0.6) is 0 Å². The minimum absolute atomic E-state index is 0.0114. The first-order valence-corrected chi connectivity index (χ1v) is 6.41. The molecule has 88 valence electrons. The third-order valence-electron chi connectivity index (χ3n) is 2.46. The second-order valence-electron chi connectivity index (χ2n) is 3.60. The molecule has 0 atom stereocenters. The number of carbonyl (C=O) groups excluding carboxylic acids is 1. The number of furan rings is 1. The van der Waals surface area contributed by atoms with Crippen molar-refractivity contribution in [3.63, 3.8) is 0 Å². The quantitative estimate of drug-likeness (QED) is 0.806. The lowest BCUT2D eigenvalue weighted by molar-refractivity contribution is 0.0732. The van der Waals surface area contributed by atoms with Crippen LogP contribution in [0.1, 0.15) is 16.3 Å². The van der Waals surface area contributed by atoms with E-state index >= 15 is 0 Å². The van der Waals surface area contributed by atoms with E-state index in [1.54, 1.807) is 19.2 Å². The lowest BCUT2D eigenvalue weighted by atomic mass is 10.3. The van der Waals surface area contributed by atoms with Crippen molar-refractivity contribution < 1.29 is 13.9 Å². The first kappa shape index (κ1) is 11.5. The van der Waals surface area contributed by atoms with Gasteiger partial charge in [0.05, 0.1) is 0 Å². The van der Waals surface area contributed by atoms with Gasteiger partial charge in [-0.25, -0.2) is 0 Å². The molecule has 0 N–H and O–H groups in total. The maximum Gasteiger partial charge on any atom is 0.289 e. The van der Waals surface area contributed by atoms with Gasteiger partial charge in [-0.1, -0.05) is 0 Å². The Morgan fingerprint density at radius 2 is 2.25 bits per heavy atom. The van der Waals surface area contributed by atoms with E-state index in [-0.39, 0.29) is 5.91 Å². The van der Waals surface area contributed by atoms with E-state index in [0.29, 0.717) is 18.1 Å². The highest BCUT2D eigenvalue weighted by Gasteiger charge is 2.21. The van der Waals surface area contributed by atoms with Gasteiger partial charge in [0.2, 0.25) is 0 Å². The van der Waals surface area contributed by atoms with Gasteiger partial charge in [0.1, 0.15) is 12.4 Å². The summed E-state index contributed by atoms with van der Waals surface area (Å²) in [5.74, 6) is 3.12. The Hall–Kier alpha value is -0.940. The van der Waals surface area contributed by atoms with Crippen LogP contribution in [0.25, 0.3) is 0 Å². The SMILES string of the molecule is COCc1ccc(C(=O)N2CCSCC2)o1. The molecule has 1 aliphatic rings. The average molecular weight is 241 g/mol. The first-order chi connectivity index (χ1) is 7.81. The topological polar surface area (TPSA) is 42.7 Å². The Labute approximate surface area is 98.9 Å². The molecule has 0 unspecified atom stereocenters. The van der Waals surface area contributed by atoms with Crippen LogP contribution in [0.3, 0.4) is 0 Å². The number of carbonyl (C=O) groups is 1. The predicted molar refractivity (Wildman–Crippen MR) is 62.6 cm³/mol. The molecule has 0 aliphatic carbocycles. The van der Waals surface area contributed by atoms with Crippen molar-refractivity contribution in [1.29, 1.82) is 0 Å². The molecule has 0 saturated carbocycles. The van der Waals surface area contributed by atoms with Crippen LogP contribution < -0.4 is 0 Å². The highest BCUT2D eigenvalue weighted by molar-refractivity contribution is 7.99. The lowest BCUT2D eigenvalue weighted by Gasteiger charge is -2.25. The standard InChI is InChI=1S/C11H15NO3S/c1-14-8-9-2-3-10(15-9)11(13)12-4-6-16-7-5-12/h2-3H,4-8H2,1H3. The number of methoxy groups -OCH3 is 1. The first-order valence-electron chi connectivity index (χ1n) is 5.26. The summed E-state index contributed by atoms with van der Waals surface area (Å²) in [6.07, 6.45) is 0. The Morgan fingerprint density at radius 1 is 1.50 bits per heavy atom. The maximum atomic E-state index is 12.0. The Kier molecular flexibility index (Phi) is 3.90. The average Bonchev–Trinajstić information content (AvgIpc) is 2.78. The van der Waals surface area contributed by atoms with Crippen LogP contribution in [-0.4, -0.2) is 42.5 Å². The molecule has 0 spiro atoms. The number of thioether (sulfide) groups is 1. The zero-order valence-corrected chi connectivity index (χ0v) is 10.1. The minimum atomic E-state index is -0.0114. The summed E-state index contributed by atoms with van der Waals surface area (Å²) in [6.45, 7) is 2.02. The fraction of sp³-hybridized carbons (Fsp3) is 0.545. The highest BCUT2D eigenvalue weighted by atomic mass is 32.2. The number of amides is 1. The van der Waals surface area contributed by atoms with Gasteiger partial charge in [0, 0.05) is 31.7 Å². The molecule has 0 bridgehead atoms. The smallest absolute Gasteiger partial charge is 0.289 e. The number of hydrogen-bond donors (Lipinski definition) is 0. The van der Waals surface area contributed by atoms with E-state index in [1.807, 2.05) is 16.7 Å². The third kappa shape index (κ3) is 2.59. The molecule has 1 saturated heterocycles. The van der Waals surface area contributed by atoms with Gasteiger partial charge in [-0.2, -0.15) is 11.8 Å². The Morgan fingerprint density at radius 3 is 2.94 bits per heavy atom. The van der Waals surface area contributed by atoms with E-state index in [0.717, 1.165) is 24.6 Å². The third-order valence-corrected chi connectivity index (χ3v) is 3.40. The van der Waals surface area contributed by atoms with Gasteiger partial charge in [-0.05, 0) is 12.1 Å². The fourth-order valence-corrected chi connectivity index (χ4v) is 2.54. The molecule has 4 nitrogen and oxygen atoms in total. The van der Waals surface area contributed by atoms with E-state index in [2.05, 4.69) is 0 Å². The van der Waals surface area contributed by atoms with Crippen molar-refractivity contribution in [3.8, 4) is 0 Å². The molecule has 5 heteroatoms. The summed E-state index contributed by atoms with van der Waals surface area (Å²) in [5.41, 5.74) is 0. The van der Waals surface area contributed by atoms with Crippen LogP contribution in [0.4, 0.5) is 0 Å². The minimum Gasteiger partial charge on any atom is -0.453 e. The zero-order chi connectivity index (χ0) is 11.4.